The van der Waals surface area contributed by atoms with E-state index in [0.717, 1.165) is 68.8 Å². The Bertz CT molecular complexity index is 882. The monoisotopic (exact) mass is 351 g/mol. The lowest BCUT2D eigenvalue weighted by molar-refractivity contribution is 0.208. The number of rotatable bonds is 3. The number of H-pyrrole nitrogens is 1. The first-order chi connectivity index (χ1) is 12.6. The third kappa shape index (κ3) is 3.33. The minimum absolute atomic E-state index is 0.181. The van der Waals surface area contributed by atoms with Gasteiger partial charge in [-0.2, -0.15) is 5.26 Å². The molecule has 0 spiro atoms. The molecular formula is C20H25N5O. The Hall–Kier alpha value is -2.36. The molecule has 136 valence electrons. The van der Waals surface area contributed by atoms with Crippen molar-refractivity contribution in [2.45, 2.75) is 38.4 Å². The van der Waals surface area contributed by atoms with E-state index in [9.17, 15) is 4.79 Å². The highest BCUT2D eigenvalue weighted by Gasteiger charge is 2.26. The molecule has 0 unspecified atom stereocenters. The van der Waals surface area contributed by atoms with Crippen LogP contribution in [0.2, 0.25) is 0 Å². The molecule has 26 heavy (non-hydrogen) atoms. The van der Waals surface area contributed by atoms with Crippen molar-refractivity contribution >= 4 is 0 Å². The Morgan fingerprint density at radius 1 is 1.27 bits per heavy atom. The molecule has 2 aromatic rings. The van der Waals surface area contributed by atoms with Crippen LogP contribution in [0.5, 0.6) is 0 Å². The van der Waals surface area contributed by atoms with Crippen LogP contribution in [0.25, 0.3) is 0 Å². The number of hydrogen-bond donors (Lipinski definition) is 1. The number of hydrogen-bond acceptors (Lipinski definition) is 4. The molecule has 0 saturated carbocycles. The molecule has 0 aliphatic carbocycles. The number of aromatic nitrogens is 2. The molecule has 1 saturated heterocycles. The van der Waals surface area contributed by atoms with Crippen molar-refractivity contribution in [2.75, 3.05) is 26.7 Å². The van der Waals surface area contributed by atoms with Crippen LogP contribution >= 0.6 is 0 Å². The van der Waals surface area contributed by atoms with Gasteiger partial charge in [0, 0.05) is 25.2 Å². The van der Waals surface area contributed by atoms with E-state index in [4.69, 9.17) is 5.26 Å². The van der Waals surface area contributed by atoms with Crippen LogP contribution in [0.1, 0.15) is 41.3 Å². The Morgan fingerprint density at radius 3 is 2.85 bits per heavy atom. The fraction of sp³-hybridized carbons (Fsp3) is 0.500. The van der Waals surface area contributed by atoms with Gasteiger partial charge in [-0.1, -0.05) is 12.1 Å². The number of fused-ring (bicyclic) bond motifs is 1. The quantitative estimate of drug-likeness (QED) is 0.917. The summed E-state index contributed by atoms with van der Waals surface area (Å²) in [6, 6.07) is 10.3. The summed E-state index contributed by atoms with van der Waals surface area (Å²) in [6.45, 7) is 4.53. The zero-order valence-corrected chi connectivity index (χ0v) is 15.2. The zero-order chi connectivity index (χ0) is 18.1. The minimum atomic E-state index is 0.181. The first-order valence-electron chi connectivity index (χ1n) is 9.36. The lowest BCUT2D eigenvalue weighted by Crippen LogP contribution is -2.35. The van der Waals surface area contributed by atoms with E-state index in [1.807, 2.05) is 22.9 Å². The average molecular weight is 351 g/mol. The van der Waals surface area contributed by atoms with Crippen molar-refractivity contribution in [1.82, 2.24) is 19.6 Å². The summed E-state index contributed by atoms with van der Waals surface area (Å²) in [7, 11) is 2.14. The van der Waals surface area contributed by atoms with Crippen LogP contribution in [-0.2, 0) is 19.5 Å². The number of piperidine rings is 1. The van der Waals surface area contributed by atoms with Gasteiger partial charge < -0.3 is 4.90 Å². The lowest BCUT2D eigenvalue weighted by Gasteiger charge is -2.29. The molecule has 4 rings (SSSR count). The molecule has 0 atom stereocenters. The molecule has 0 radical (unpaired) electrons. The fourth-order valence-electron chi connectivity index (χ4n) is 4.14. The second kappa shape index (κ2) is 7.10. The summed E-state index contributed by atoms with van der Waals surface area (Å²) in [5.74, 6) is 0. The molecule has 6 nitrogen and oxygen atoms in total. The van der Waals surface area contributed by atoms with Gasteiger partial charge in [0.1, 0.15) is 0 Å². The van der Waals surface area contributed by atoms with Crippen LogP contribution in [0.15, 0.2) is 29.1 Å². The van der Waals surface area contributed by atoms with Crippen LogP contribution in [0.4, 0.5) is 0 Å². The van der Waals surface area contributed by atoms with Gasteiger partial charge in [0.2, 0.25) is 0 Å². The van der Waals surface area contributed by atoms with Gasteiger partial charge in [0.25, 0.3) is 5.56 Å². The molecule has 0 bridgehead atoms. The largest absolute Gasteiger partial charge is 0.306 e. The molecule has 2 aliphatic rings. The molecule has 1 N–H and O–H groups in total. The van der Waals surface area contributed by atoms with E-state index in [0.29, 0.717) is 11.6 Å². The molecule has 0 amide bonds. The number of nitrogens with one attached hydrogen (secondary N) is 1. The highest BCUT2D eigenvalue weighted by Crippen LogP contribution is 2.23. The van der Waals surface area contributed by atoms with Crippen molar-refractivity contribution in [2.24, 2.45) is 0 Å². The summed E-state index contributed by atoms with van der Waals surface area (Å²) in [6.07, 6.45) is 2.85. The average Bonchev–Trinajstić information content (AvgIpc) is 2.98. The van der Waals surface area contributed by atoms with E-state index in [1.54, 1.807) is 0 Å². The van der Waals surface area contributed by atoms with Crippen molar-refractivity contribution in [3.05, 3.63) is 57.0 Å². The number of nitriles is 1. The fourth-order valence-corrected chi connectivity index (χ4v) is 4.14. The smallest absolute Gasteiger partial charge is 0.270 e. The van der Waals surface area contributed by atoms with E-state index in [1.165, 1.54) is 0 Å². The Morgan fingerprint density at radius 2 is 2.08 bits per heavy atom. The number of likely N-dealkylation sites (tertiary alicyclic amines) is 1. The summed E-state index contributed by atoms with van der Waals surface area (Å²) in [4.78, 5) is 17.5. The minimum Gasteiger partial charge on any atom is -0.306 e. The number of aromatic amines is 1. The van der Waals surface area contributed by atoms with Gasteiger partial charge in [0.15, 0.2) is 0 Å². The molecule has 1 aromatic carbocycles. The van der Waals surface area contributed by atoms with Crippen molar-refractivity contribution in [3.8, 4) is 6.07 Å². The van der Waals surface area contributed by atoms with Gasteiger partial charge in [0.05, 0.1) is 23.4 Å². The Labute approximate surface area is 153 Å². The predicted octanol–water partition coefficient (Wildman–Crippen LogP) is 1.87. The van der Waals surface area contributed by atoms with Gasteiger partial charge in [-0.25, -0.2) is 4.68 Å². The lowest BCUT2D eigenvalue weighted by atomic mass is 10.0. The van der Waals surface area contributed by atoms with Crippen LogP contribution < -0.4 is 5.56 Å². The number of nitrogens with zero attached hydrogens (tertiary/aromatic N) is 4. The Kier molecular flexibility index (Phi) is 4.66. The Balaban J connectivity index is 1.49. The summed E-state index contributed by atoms with van der Waals surface area (Å²) in [5, 5.41) is 12.5. The predicted molar refractivity (Wildman–Crippen MR) is 99.8 cm³/mol. The number of benzene rings is 1. The van der Waals surface area contributed by atoms with Crippen LogP contribution in [0.3, 0.4) is 0 Å². The van der Waals surface area contributed by atoms with E-state index in [2.05, 4.69) is 34.1 Å². The maximum atomic E-state index is 12.8. The molecule has 6 heteroatoms. The standard InChI is InChI=1S/C20H25N5O/c1-23-8-5-17(6-9-23)25-20(26)18-7-10-24(14-19(18)22-25)13-16-4-2-3-15(11-16)12-21/h2-4,11,17,22H,5-10,13-14H2,1H3. The summed E-state index contributed by atoms with van der Waals surface area (Å²) >= 11 is 0. The summed E-state index contributed by atoms with van der Waals surface area (Å²) < 4.78 is 1.89. The van der Waals surface area contributed by atoms with Crippen molar-refractivity contribution in [1.29, 1.82) is 5.26 Å². The maximum Gasteiger partial charge on any atom is 0.270 e. The molecular weight excluding hydrogens is 326 g/mol. The van der Waals surface area contributed by atoms with E-state index >= 15 is 0 Å². The normalized spacial score (nSPS) is 19.2. The first kappa shape index (κ1) is 17.1. The highest BCUT2D eigenvalue weighted by atomic mass is 16.1. The highest BCUT2D eigenvalue weighted by molar-refractivity contribution is 5.33. The molecule has 1 aromatic heterocycles. The van der Waals surface area contributed by atoms with Gasteiger partial charge in [-0.3, -0.25) is 14.8 Å². The van der Waals surface area contributed by atoms with Crippen LogP contribution in [-0.4, -0.2) is 46.3 Å². The van der Waals surface area contributed by atoms with Gasteiger partial charge in [-0.05, 0) is 57.1 Å². The molecule has 2 aliphatic heterocycles. The third-order valence-electron chi connectivity index (χ3n) is 5.67. The van der Waals surface area contributed by atoms with E-state index in [-0.39, 0.29) is 5.56 Å². The molecule has 3 heterocycles. The van der Waals surface area contributed by atoms with E-state index < -0.39 is 0 Å². The topological polar surface area (TPSA) is 68.1 Å². The SMILES string of the molecule is CN1CCC(n2[nH]c3c(c2=O)CCN(Cc2cccc(C#N)c2)C3)CC1. The van der Waals surface area contributed by atoms with Gasteiger partial charge in [-0.15, -0.1) is 0 Å². The second-order valence-electron chi connectivity index (χ2n) is 7.55. The van der Waals surface area contributed by atoms with Crippen molar-refractivity contribution in [3.63, 3.8) is 0 Å². The molecule has 1 fully saturated rings. The third-order valence-corrected chi connectivity index (χ3v) is 5.67. The van der Waals surface area contributed by atoms with Crippen molar-refractivity contribution < 1.29 is 0 Å². The second-order valence-corrected chi connectivity index (χ2v) is 7.55. The maximum absolute atomic E-state index is 12.8. The summed E-state index contributed by atoms with van der Waals surface area (Å²) in [5.41, 5.74) is 4.05. The van der Waals surface area contributed by atoms with Gasteiger partial charge >= 0.3 is 0 Å². The van der Waals surface area contributed by atoms with Crippen LogP contribution in [0, 0.1) is 11.3 Å². The first-order valence-corrected chi connectivity index (χ1v) is 9.36. The zero-order valence-electron chi connectivity index (χ0n) is 15.2.